The van der Waals surface area contributed by atoms with Crippen LogP contribution in [0.15, 0.2) is 35.6 Å². The molecule has 0 aliphatic heterocycles. The van der Waals surface area contributed by atoms with Gasteiger partial charge in [0.15, 0.2) is 0 Å². The molecule has 0 fully saturated rings. The van der Waals surface area contributed by atoms with E-state index >= 15 is 0 Å². The molecule has 0 atom stereocenters. The second-order valence-corrected chi connectivity index (χ2v) is 2.61. The lowest BCUT2D eigenvalue weighted by molar-refractivity contribution is 0.294. The molecular weight excluding hydrogens is 136 g/mol. The van der Waals surface area contributed by atoms with Crippen LogP contribution in [0.3, 0.4) is 0 Å². The van der Waals surface area contributed by atoms with E-state index in [2.05, 4.69) is 6.58 Å². The van der Waals surface area contributed by atoms with Gasteiger partial charge in [-0.2, -0.15) is 0 Å². The molecule has 0 aliphatic rings. The average molecular weight is 152 g/mol. The molecule has 1 nitrogen and oxygen atoms in total. The molecule has 0 N–H and O–H groups in total. The first-order valence-corrected chi connectivity index (χ1v) is 3.63. The fourth-order valence-corrected chi connectivity index (χ4v) is 0.453. The molecule has 0 aliphatic carbocycles. The Morgan fingerprint density at radius 1 is 1.18 bits per heavy atom. The Balaban J connectivity index is 4.22. The Morgan fingerprint density at radius 3 is 2.09 bits per heavy atom. The molecule has 0 saturated carbocycles. The Hall–Kier alpha value is -0.980. The van der Waals surface area contributed by atoms with Gasteiger partial charge in [-0.1, -0.05) is 18.2 Å². The summed E-state index contributed by atoms with van der Waals surface area (Å²) in [4.78, 5) is 0. The number of hydrogen-bond acceptors (Lipinski definition) is 1. The molecule has 0 aromatic rings. The highest BCUT2D eigenvalue weighted by molar-refractivity contribution is 5.28. The van der Waals surface area contributed by atoms with Crippen LogP contribution in [0.25, 0.3) is 0 Å². The fourth-order valence-electron chi connectivity index (χ4n) is 0.453. The van der Waals surface area contributed by atoms with Crippen LogP contribution in [-0.2, 0) is 4.74 Å². The molecule has 0 aromatic heterocycles. The fraction of sp³-hybridized carbons (Fsp3) is 0.400. The molecule has 0 saturated heterocycles. The summed E-state index contributed by atoms with van der Waals surface area (Å²) in [6.45, 7) is 9.76. The number of hydrogen-bond donors (Lipinski definition) is 0. The van der Waals surface area contributed by atoms with Crippen LogP contribution in [0.4, 0.5) is 0 Å². The van der Waals surface area contributed by atoms with Gasteiger partial charge in [0.1, 0.15) is 0 Å². The predicted molar refractivity (Wildman–Crippen MR) is 49.3 cm³/mol. The zero-order valence-electron chi connectivity index (χ0n) is 7.77. The largest absolute Gasteiger partial charge is 0.501 e. The van der Waals surface area contributed by atoms with Gasteiger partial charge in [-0.05, 0) is 32.4 Å². The normalized spacial score (nSPS) is 13.1. The third-order valence-electron chi connectivity index (χ3n) is 1.56. The van der Waals surface area contributed by atoms with Gasteiger partial charge in [-0.15, -0.1) is 0 Å². The highest BCUT2D eigenvalue weighted by atomic mass is 16.5. The van der Waals surface area contributed by atoms with Crippen molar-refractivity contribution < 1.29 is 4.74 Å². The van der Waals surface area contributed by atoms with Crippen LogP contribution < -0.4 is 0 Å². The topological polar surface area (TPSA) is 9.23 Å². The maximum Gasteiger partial charge on any atom is 0.0924 e. The summed E-state index contributed by atoms with van der Waals surface area (Å²) in [5.74, 6) is 0.908. The molecule has 0 rings (SSSR count). The lowest BCUT2D eigenvalue weighted by Gasteiger charge is -1.97. The van der Waals surface area contributed by atoms with Gasteiger partial charge in [0.25, 0.3) is 0 Å². The van der Waals surface area contributed by atoms with Crippen LogP contribution in [0.1, 0.15) is 20.8 Å². The molecule has 0 amide bonds. The molecular formula is C10H16O. The predicted octanol–water partition coefficient (Wildman–Crippen LogP) is 3.06. The van der Waals surface area contributed by atoms with E-state index in [4.69, 9.17) is 4.74 Å². The summed E-state index contributed by atoms with van der Waals surface area (Å²) >= 11 is 0. The molecule has 62 valence electrons. The number of ether oxygens (including phenoxy) is 1. The van der Waals surface area contributed by atoms with E-state index in [0.717, 1.165) is 11.3 Å². The summed E-state index contributed by atoms with van der Waals surface area (Å²) in [6, 6.07) is 0. The van der Waals surface area contributed by atoms with Crippen molar-refractivity contribution in [1.82, 2.24) is 0 Å². The Labute approximate surface area is 69.1 Å². The molecule has 0 unspecified atom stereocenters. The van der Waals surface area contributed by atoms with Gasteiger partial charge in [0, 0.05) is 0 Å². The van der Waals surface area contributed by atoms with E-state index in [1.165, 1.54) is 5.57 Å². The zero-order chi connectivity index (χ0) is 8.85. The van der Waals surface area contributed by atoms with Crippen LogP contribution in [0.2, 0.25) is 0 Å². The van der Waals surface area contributed by atoms with E-state index in [1.54, 1.807) is 7.11 Å². The van der Waals surface area contributed by atoms with Crippen molar-refractivity contribution in [2.45, 2.75) is 20.8 Å². The van der Waals surface area contributed by atoms with Gasteiger partial charge in [-0.25, -0.2) is 0 Å². The minimum Gasteiger partial charge on any atom is -0.501 e. The Kier molecular flexibility index (Phi) is 4.35. The highest BCUT2D eigenvalue weighted by Crippen LogP contribution is 2.05. The average Bonchev–Trinajstić information content (AvgIpc) is 1.99. The zero-order valence-corrected chi connectivity index (χ0v) is 7.77. The molecule has 0 bridgehead atoms. The standard InChI is InChI=1S/C10H16O/c1-8(2)9(3)6-7-10(4)11-5/h6-7H,1H2,2-5H3/b9-6-,10-7+. The van der Waals surface area contributed by atoms with E-state index in [0.29, 0.717) is 0 Å². The first kappa shape index (κ1) is 10.0. The smallest absolute Gasteiger partial charge is 0.0924 e. The number of methoxy groups -OCH3 is 1. The molecule has 1 heteroatoms. The lowest BCUT2D eigenvalue weighted by atomic mass is 10.1. The minimum absolute atomic E-state index is 0.908. The monoisotopic (exact) mass is 152 g/mol. The van der Waals surface area contributed by atoms with Crippen molar-refractivity contribution in [1.29, 1.82) is 0 Å². The van der Waals surface area contributed by atoms with Crippen LogP contribution in [0.5, 0.6) is 0 Å². The maximum absolute atomic E-state index is 4.97. The number of rotatable bonds is 3. The molecule has 11 heavy (non-hydrogen) atoms. The first-order valence-electron chi connectivity index (χ1n) is 3.63. The van der Waals surface area contributed by atoms with Crippen molar-refractivity contribution in [2.24, 2.45) is 0 Å². The first-order chi connectivity index (χ1) is 5.07. The van der Waals surface area contributed by atoms with E-state index in [9.17, 15) is 0 Å². The van der Waals surface area contributed by atoms with Crippen LogP contribution in [0, 0.1) is 0 Å². The van der Waals surface area contributed by atoms with Crippen molar-refractivity contribution in [2.75, 3.05) is 7.11 Å². The second-order valence-electron chi connectivity index (χ2n) is 2.61. The summed E-state index contributed by atoms with van der Waals surface area (Å²) in [5, 5.41) is 0. The summed E-state index contributed by atoms with van der Waals surface area (Å²) in [7, 11) is 1.66. The van der Waals surface area contributed by atoms with Gasteiger partial charge >= 0.3 is 0 Å². The second kappa shape index (κ2) is 4.78. The van der Waals surface area contributed by atoms with Crippen LogP contribution >= 0.6 is 0 Å². The van der Waals surface area contributed by atoms with E-state index < -0.39 is 0 Å². The maximum atomic E-state index is 4.97. The van der Waals surface area contributed by atoms with Crippen molar-refractivity contribution in [3.05, 3.63) is 35.6 Å². The van der Waals surface area contributed by atoms with E-state index in [-0.39, 0.29) is 0 Å². The lowest BCUT2D eigenvalue weighted by Crippen LogP contribution is -1.79. The van der Waals surface area contributed by atoms with Crippen molar-refractivity contribution >= 4 is 0 Å². The van der Waals surface area contributed by atoms with Gasteiger partial charge in [-0.3, -0.25) is 0 Å². The van der Waals surface area contributed by atoms with E-state index in [1.807, 2.05) is 32.9 Å². The molecule has 0 radical (unpaired) electrons. The quantitative estimate of drug-likeness (QED) is 0.446. The minimum atomic E-state index is 0.908. The van der Waals surface area contributed by atoms with Crippen LogP contribution in [-0.4, -0.2) is 7.11 Å². The molecule has 0 heterocycles. The van der Waals surface area contributed by atoms with Crippen molar-refractivity contribution in [3.63, 3.8) is 0 Å². The third-order valence-corrected chi connectivity index (χ3v) is 1.56. The molecule has 0 spiro atoms. The van der Waals surface area contributed by atoms with Gasteiger partial charge < -0.3 is 4.74 Å². The highest BCUT2D eigenvalue weighted by Gasteiger charge is 1.86. The SMILES string of the molecule is C=C(C)/C(C)=C\C=C(/C)OC. The van der Waals surface area contributed by atoms with Crippen molar-refractivity contribution in [3.8, 4) is 0 Å². The Morgan fingerprint density at radius 2 is 1.73 bits per heavy atom. The van der Waals surface area contributed by atoms with Gasteiger partial charge in [0.2, 0.25) is 0 Å². The Bertz CT molecular complexity index is 197. The molecule has 0 aromatic carbocycles. The summed E-state index contributed by atoms with van der Waals surface area (Å²) in [5.41, 5.74) is 2.27. The van der Waals surface area contributed by atoms with Gasteiger partial charge in [0.05, 0.1) is 12.9 Å². The third kappa shape index (κ3) is 4.43. The number of allylic oxidation sites excluding steroid dienone is 5. The summed E-state index contributed by atoms with van der Waals surface area (Å²) < 4.78 is 4.97. The summed E-state index contributed by atoms with van der Waals surface area (Å²) in [6.07, 6.45) is 3.94.